The van der Waals surface area contributed by atoms with Gasteiger partial charge < -0.3 is 9.80 Å². The molecule has 1 aliphatic heterocycles. The number of likely N-dealkylation sites (N-methyl/N-ethyl adjacent to an activating group) is 1. The molecule has 2 aromatic rings. The van der Waals surface area contributed by atoms with E-state index in [4.69, 9.17) is 5.41 Å². The zero-order valence-electron chi connectivity index (χ0n) is 12.4. The van der Waals surface area contributed by atoms with E-state index in [1.807, 2.05) is 30.3 Å². The summed E-state index contributed by atoms with van der Waals surface area (Å²) in [5.74, 6) is 0.641. The molecule has 0 bridgehead atoms. The Morgan fingerprint density at radius 1 is 0.857 bits per heavy atom. The second kappa shape index (κ2) is 6.10. The Bertz CT molecular complexity index is 613. The van der Waals surface area contributed by atoms with E-state index in [-0.39, 0.29) is 0 Å². The van der Waals surface area contributed by atoms with Crippen molar-refractivity contribution in [3.8, 4) is 11.1 Å². The van der Waals surface area contributed by atoms with Crippen LogP contribution in [0.25, 0.3) is 11.1 Å². The van der Waals surface area contributed by atoms with Gasteiger partial charge in [0, 0.05) is 31.7 Å². The van der Waals surface area contributed by atoms with Crippen molar-refractivity contribution in [2.45, 2.75) is 0 Å². The largest absolute Gasteiger partial charge is 0.354 e. The third-order valence-electron chi connectivity index (χ3n) is 4.09. The van der Waals surface area contributed by atoms with Gasteiger partial charge in [-0.2, -0.15) is 0 Å². The highest BCUT2D eigenvalue weighted by atomic mass is 15.3. The van der Waals surface area contributed by atoms with E-state index in [0.29, 0.717) is 5.84 Å². The monoisotopic (exact) mass is 279 g/mol. The van der Waals surface area contributed by atoms with E-state index >= 15 is 0 Å². The highest BCUT2D eigenvalue weighted by Crippen LogP contribution is 2.24. The Kier molecular flexibility index (Phi) is 4.02. The lowest BCUT2D eigenvalue weighted by Gasteiger charge is -2.34. The molecule has 2 aromatic carbocycles. The number of amidine groups is 1. The van der Waals surface area contributed by atoms with E-state index in [1.165, 1.54) is 5.56 Å². The van der Waals surface area contributed by atoms with E-state index in [0.717, 1.165) is 37.3 Å². The van der Waals surface area contributed by atoms with Crippen LogP contribution >= 0.6 is 0 Å². The molecule has 0 aromatic heterocycles. The molecular weight excluding hydrogens is 258 g/mol. The molecule has 3 rings (SSSR count). The lowest BCUT2D eigenvalue weighted by molar-refractivity contribution is 0.215. The minimum atomic E-state index is 0.641. The molecular formula is C18H21N3. The first kappa shape index (κ1) is 13.8. The number of nitrogens with one attached hydrogen (secondary N) is 1. The Hall–Kier alpha value is -2.13. The first-order chi connectivity index (χ1) is 10.3. The summed E-state index contributed by atoms with van der Waals surface area (Å²) in [6.07, 6.45) is 0. The third-order valence-corrected chi connectivity index (χ3v) is 4.09. The zero-order chi connectivity index (χ0) is 14.7. The van der Waals surface area contributed by atoms with Gasteiger partial charge >= 0.3 is 0 Å². The third kappa shape index (κ3) is 2.98. The lowest BCUT2D eigenvalue weighted by Crippen LogP contribution is -2.47. The van der Waals surface area contributed by atoms with Crippen LogP contribution < -0.4 is 0 Å². The van der Waals surface area contributed by atoms with Crippen molar-refractivity contribution in [2.24, 2.45) is 0 Å². The van der Waals surface area contributed by atoms with Gasteiger partial charge in [-0.15, -0.1) is 0 Å². The number of rotatable bonds is 2. The van der Waals surface area contributed by atoms with Gasteiger partial charge in [-0.25, -0.2) is 0 Å². The maximum absolute atomic E-state index is 8.59. The molecule has 21 heavy (non-hydrogen) atoms. The van der Waals surface area contributed by atoms with Crippen LogP contribution in [0.4, 0.5) is 0 Å². The highest BCUT2D eigenvalue weighted by Gasteiger charge is 2.19. The molecule has 1 heterocycles. The molecule has 0 unspecified atom stereocenters. The van der Waals surface area contributed by atoms with Crippen molar-refractivity contribution in [1.82, 2.24) is 9.80 Å². The van der Waals surface area contributed by atoms with E-state index < -0.39 is 0 Å². The lowest BCUT2D eigenvalue weighted by atomic mass is 9.98. The van der Waals surface area contributed by atoms with Gasteiger partial charge in [0.05, 0.1) is 0 Å². The van der Waals surface area contributed by atoms with Crippen molar-refractivity contribution >= 4 is 5.84 Å². The molecule has 1 fully saturated rings. The summed E-state index contributed by atoms with van der Waals surface area (Å²) in [7, 11) is 2.14. The fourth-order valence-corrected chi connectivity index (χ4v) is 2.76. The smallest absolute Gasteiger partial charge is 0.128 e. The summed E-state index contributed by atoms with van der Waals surface area (Å²) in [4.78, 5) is 4.49. The van der Waals surface area contributed by atoms with E-state index in [9.17, 15) is 0 Å². The SMILES string of the molecule is CN1CCN(C(=N)c2ccccc2-c2ccccc2)CC1. The summed E-state index contributed by atoms with van der Waals surface area (Å²) in [5.41, 5.74) is 3.34. The van der Waals surface area contributed by atoms with Gasteiger partial charge in [-0.05, 0) is 18.2 Å². The Morgan fingerprint density at radius 3 is 2.19 bits per heavy atom. The average Bonchev–Trinajstić information content (AvgIpc) is 2.56. The van der Waals surface area contributed by atoms with Gasteiger partial charge in [-0.3, -0.25) is 5.41 Å². The Morgan fingerprint density at radius 2 is 1.48 bits per heavy atom. The zero-order valence-corrected chi connectivity index (χ0v) is 12.4. The molecule has 1 aliphatic rings. The first-order valence-electron chi connectivity index (χ1n) is 7.42. The van der Waals surface area contributed by atoms with Gasteiger partial charge in [0.1, 0.15) is 5.84 Å². The summed E-state index contributed by atoms with van der Waals surface area (Å²) in [5, 5.41) is 8.59. The quantitative estimate of drug-likeness (QED) is 0.677. The summed E-state index contributed by atoms with van der Waals surface area (Å²) >= 11 is 0. The maximum atomic E-state index is 8.59. The van der Waals surface area contributed by atoms with Crippen LogP contribution in [0.1, 0.15) is 5.56 Å². The normalized spacial score (nSPS) is 16.0. The number of hydrogen-bond donors (Lipinski definition) is 1. The molecule has 0 atom stereocenters. The predicted molar refractivity (Wildman–Crippen MR) is 87.8 cm³/mol. The second-order valence-electron chi connectivity index (χ2n) is 5.55. The van der Waals surface area contributed by atoms with Gasteiger partial charge in [-0.1, -0.05) is 54.6 Å². The average molecular weight is 279 g/mol. The predicted octanol–water partition coefficient (Wildman–Crippen LogP) is 2.93. The van der Waals surface area contributed by atoms with Crippen molar-refractivity contribution in [2.75, 3.05) is 33.2 Å². The first-order valence-corrected chi connectivity index (χ1v) is 7.42. The molecule has 0 aliphatic carbocycles. The molecule has 3 nitrogen and oxygen atoms in total. The molecule has 0 amide bonds. The Labute approximate surface area is 126 Å². The minimum absolute atomic E-state index is 0.641. The number of piperazine rings is 1. The van der Waals surface area contributed by atoms with Crippen LogP contribution in [0.15, 0.2) is 54.6 Å². The van der Waals surface area contributed by atoms with Crippen LogP contribution in [0, 0.1) is 5.41 Å². The van der Waals surface area contributed by atoms with E-state index in [2.05, 4.69) is 41.1 Å². The fraction of sp³-hybridized carbons (Fsp3) is 0.278. The van der Waals surface area contributed by atoms with Gasteiger partial charge in [0.2, 0.25) is 0 Å². The molecule has 108 valence electrons. The van der Waals surface area contributed by atoms with Crippen molar-refractivity contribution < 1.29 is 0 Å². The molecule has 0 radical (unpaired) electrons. The molecule has 1 saturated heterocycles. The van der Waals surface area contributed by atoms with Crippen molar-refractivity contribution in [3.05, 3.63) is 60.2 Å². The van der Waals surface area contributed by atoms with E-state index in [1.54, 1.807) is 0 Å². The highest BCUT2D eigenvalue weighted by molar-refractivity contribution is 6.02. The van der Waals surface area contributed by atoms with Crippen LogP contribution in [-0.2, 0) is 0 Å². The van der Waals surface area contributed by atoms with Crippen molar-refractivity contribution in [3.63, 3.8) is 0 Å². The summed E-state index contributed by atoms with van der Waals surface area (Å²) in [6.45, 7) is 3.91. The molecule has 1 N–H and O–H groups in total. The second-order valence-corrected chi connectivity index (χ2v) is 5.55. The number of hydrogen-bond acceptors (Lipinski definition) is 2. The maximum Gasteiger partial charge on any atom is 0.128 e. The number of nitrogens with zero attached hydrogens (tertiary/aromatic N) is 2. The van der Waals surface area contributed by atoms with Gasteiger partial charge in [0.25, 0.3) is 0 Å². The molecule has 3 heteroatoms. The fourth-order valence-electron chi connectivity index (χ4n) is 2.76. The molecule has 0 saturated carbocycles. The Balaban J connectivity index is 1.90. The number of benzene rings is 2. The van der Waals surface area contributed by atoms with Gasteiger partial charge in [0.15, 0.2) is 0 Å². The van der Waals surface area contributed by atoms with Crippen LogP contribution in [0.2, 0.25) is 0 Å². The minimum Gasteiger partial charge on any atom is -0.354 e. The van der Waals surface area contributed by atoms with Crippen LogP contribution in [-0.4, -0.2) is 48.9 Å². The summed E-state index contributed by atoms with van der Waals surface area (Å²) < 4.78 is 0. The van der Waals surface area contributed by atoms with Crippen LogP contribution in [0.3, 0.4) is 0 Å². The topological polar surface area (TPSA) is 30.3 Å². The standard InChI is InChI=1S/C18H21N3/c1-20-11-13-21(14-12-20)18(19)17-10-6-5-9-16(17)15-7-3-2-4-8-15/h2-10,19H,11-14H2,1H3. The summed E-state index contributed by atoms with van der Waals surface area (Å²) in [6, 6.07) is 18.6. The molecule has 0 spiro atoms. The van der Waals surface area contributed by atoms with Crippen molar-refractivity contribution in [1.29, 1.82) is 5.41 Å². The van der Waals surface area contributed by atoms with Crippen LogP contribution in [0.5, 0.6) is 0 Å².